The number of halogens is 2. The first-order valence-electron chi connectivity index (χ1n) is 11.8. The van der Waals surface area contributed by atoms with Crippen LogP contribution in [0.25, 0.3) is 5.65 Å². The minimum atomic E-state index is -0.441. The van der Waals surface area contributed by atoms with E-state index in [2.05, 4.69) is 33.7 Å². The Morgan fingerprint density at radius 1 is 1.12 bits per heavy atom. The zero-order chi connectivity index (χ0) is 23.8. The van der Waals surface area contributed by atoms with Crippen molar-refractivity contribution in [1.82, 2.24) is 24.4 Å². The van der Waals surface area contributed by atoms with E-state index in [4.69, 9.17) is 10.7 Å². The van der Waals surface area contributed by atoms with Crippen LogP contribution in [0.2, 0.25) is 0 Å². The number of anilines is 1. The molecule has 2 aliphatic rings. The van der Waals surface area contributed by atoms with Crippen LogP contribution in [0.3, 0.4) is 0 Å². The van der Waals surface area contributed by atoms with Crippen molar-refractivity contribution in [1.29, 1.82) is 0 Å². The van der Waals surface area contributed by atoms with Crippen molar-refractivity contribution in [3.63, 3.8) is 0 Å². The highest BCUT2D eigenvalue weighted by molar-refractivity contribution is 5.83. The zero-order valence-corrected chi connectivity index (χ0v) is 19.5. The van der Waals surface area contributed by atoms with Gasteiger partial charge in [0, 0.05) is 50.5 Å². The summed E-state index contributed by atoms with van der Waals surface area (Å²) in [5.74, 6) is 0.286. The Morgan fingerprint density at radius 3 is 2.68 bits per heavy atom. The van der Waals surface area contributed by atoms with Gasteiger partial charge in [0.25, 0.3) is 0 Å². The normalized spacial score (nSPS) is 20.1. The second kappa shape index (κ2) is 9.17. The lowest BCUT2D eigenvalue weighted by Crippen LogP contribution is -2.52. The molecule has 2 N–H and O–H groups in total. The Bertz CT molecular complexity index is 1200. The summed E-state index contributed by atoms with van der Waals surface area (Å²) in [6.07, 6.45) is 5.06. The molecule has 0 aliphatic carbocycles. The first-order chi connectivity index (χ1) is 16.4. The summed E-state index contributed by atoms with van der Waals surface area (Å²) in [6, 6.07) is 5.70. The largest absolute Gasteiger partial charge is 0.369 e. The molecule has 2 saturated heterocycles. The quantitative estimate of drug-likeness (QED) is 0.468. The average molecular weight is 469 g/mol. The molecule has 34 heavy (non-hydrogen) atoms. The zero-order valence-electron chi connectivity index (χ0n) is 19.5. The number of nitrogens with zero attached hydrogens (tertiary/aromatic N) is 7. The third kappa shape index (κ3) is 4.29. The van der Waals surface area contributed by atoms with Gasteiger partial charge in [-0.15, -0.1) is 0 Å². The van der Waals surface area contributed by atoms with E-state index in [1.54, 1.807) is 10.7 Å². The molecule has 3 aromatic rings. The van der Waals surface area contributed by atoms with Crippen LogP contribution >= 0.6 is 0 Å². The van der Waals surface area contributed by atoms with E-state index in [1.807, 2.05) is 17.2 Å². The van der Waals surface area contributed by atoms with Gasteiger partial charge in [0.15, 0.2) is 11.6 Å². The van der Waals surface area contributed by atoms with Gasteiger partial charge >= 0.3 is 0 Å². The van der Waals surface area contributed by atoms with Crippen molar-refractivity contribution >= 4 is 23.1 Å². The molecular formula is C24H30F2N8. The molecule has 0 bridgehead atoms. The van der Waals surface area contributed by atoms with E-state index in [0.29, 0.717) is 41.3 Å². The smallest absolute Gasteiger partial charge is 0.196 e. The summed E-state index contributed by atoms with van der Waals surface area (Å²) in [5, 5.41) is 4.36. The molecule has 2 aliphatic heterocycles. The SMILES string of the molecule is CC(C)N1CCN(C(N)=Nc2cnn3ccc(N4CCC[C@@H]4c4cc(F)ccc4F)nc23)CC1. The van der Waals surface area contributed by atoms with Crippen LogP contribution in [0.5, 0.6) is 0 Å². The molecule has 2 fully saturated rings. The number of hydrogen-bond acceptors (Lipinski definition) is 5. The van der Waals surface area contributed by atoms with Crippen LogP contribution < -0.4 is 10.6 Å². The third-order valence-corrected chi connectivity index (χ3v) is 6.80. The van der Waals surface area contributed by atoms with Crippen LogP contribution in [0.4, 0.5) is 20.3 Å². The van der Waals surface area contributed by atoms with Gasteiger partial charge in [0.2, 0.25) is 0 Å². The first kappa shape index (κ1) is 22.5. The molecule has 180 valence electrons. The number of nitrogens with two attached hydrogens (primary N) is 1. The summed E-state index contributed by atoms with van der Waals surface area (Å²) >= 11 is 0. The van der Waals surface area contributed by atoms with Crippen LogP contribution in [0.15, 0.2) is 41.7 Å². The fraction of sp³-hybridized carbons (Fsp3) is 0.458. The predicted octanol–water partition coefficient (Wildman–Crippen LogP) is 3.32. The molecular weight excluding hydrogens is 438 g/mol. The Balaban J connectivity index is 1.41. The number of aromatic nitrogens is 3. The van der Waals surface area contributed by atoms with Crippen LogP contribution in [0.1, 0.15) is 38.3 Å². The van der Waals surface area contributed by atoms with Gasteiger partial charge in [-0.1, -0.05) is 0 Å². The molecule has 1 aromatic carbocycles. The lowest BCUT2D eigenvalue weighted by Gasteiger charge is -2.37. The number of benzene rings is 1. The van der Waals surface area contributed by atoms with Crippen molar-refractivity contribution in [3.8, 4) is 0 Å². The van der Waals surface area contributed by atoms with Crippen LogP contribution in [-0.2, 0) is 0 Å². The van der Waals surface area contributed by atoms with Crippen LogP contribution in [-0.4, -0.2) is 69.1 Å². The minimum Gasteiger partial charge on any atom is -0.369 e. The second-order valence-corrected chi connectivity index (χ2v) is 9.19. The van der Waals surface area contributed by atoms with Gasteiger partial charge < -0.3 is 15.5 Å². The molecule has 4 heterocycles. The lowest BCUT2D eigenvalue weighted by molar-refractivity contribution is 0.148. The van der Waals surface area contributed by atoms with Crippen molar-refractivity contribution in [2.24, 2.45) is 10.7 Å². The van der Waals surface area contributed by atoms with Crippen LogP contribution in [0, 0.1) is 11.6 Å². The molecule has 0 unspecified atom stereocenters. The molecule has 0 spiro atoms. The summed E-state index contributed by atoms with van der Waals surface area (Å²) in [5.41, 5.74) is 7.86. The van der Waals surface area contributed by atoms with Gasteiger partial charge in [-0.25, -0.2) is 23.3 Å². The first-order valence-corrected chi connectivity index (χ1v) is 11.8. The summed E-state index contributed by atoms with van der Waals surface area (Å²) in [4.78, 5) is 16.0. The molecule has 0 saturated carbocycles. The van der Waals surface area contributed by atoms with E-state index in [0.717, 1.165) is 45.1 Å². The Kier molecular flexibility index (Phi) is 6.07. The number of hydrogen-bond donors (Lipinski definition) is 1. The molecule has 8 nitrogen and oxygen atoms in total. The van der Waals surface area contributed by atoms with E-state index < -0.39 is 11.6 Å². The van der Waals surface area contributed by atoms with E-state index in [-0.39, 0.29) is 6.04 Å². The fourth-order valence-electron chi connectivity index (χ4n) is 4.88. The number of rotatable bonds is 4. The van der Waals surface area contributed by atoms with Crippen molar-refractivity contribution in [3.05, 3.63) is 53.9 Å². The predicted molar refractivity (Wildman–Crippen MR) is 128 cm³/mol. The van der Waals surface area contributed by atoms with E-state index in [1.165, 1.54) is 12.1 Å². The fourth-order valence-corrected chi connectivity index (χ4v) is 4.88. The van der Waals surface area contributed by atoms with Gasteiger partial charge in [-0.2, -0.15) is 5.10 Å². The minimum absolute atomic E-state index is 0.275. The molecule has 5 rings (SSSR count). The number of guanidine groups is 1. The van der Waals surface area contributed by atoms with E-state index >= 15 is 0 Å². The third-order valence-electron chi connectivity index (χ3n) is 6.80. The maximum atomic E-state index is 14.5. The molecule has 1 atom stereocenters. The highest BCUT2D eigenvalue weighted by atomic mass is 19.1. The van der Waals surface area contributed by atoms with Gasteiger partial charge in [-0.3, -0.25) is 4.90 Å². The van der Waals surface area contributed by atoms with Crippen molar-refractivity contribution in [2.45, 2.75) is 38.8 Å². The van der Waals surface area contributed by atoms with Gasteiger partial charge in [-0.05, 0) is 51.0 Å². The lowest BCUT2D eigenvalue weighted by atomic mass is 10.0. The number of aliphatic imine (C=N–C) groups is 1. The molecule has 0 radical (unpaired) electrons. The van der Waals surface area contributed by atoms with Crippen molar-refractivity contribution < 1.29 is 8.78 Å². The summed E-state index contributed by atoms with van der Waals surface area (Å²) in [7, 11) is 0. The highest BCUT2D eigenvalue weighted by Crippen LogP contribution is 2.37. The summed E-state index contributed by atoms with van der Waals surface area (Å²) in [6.45, 7) is 8.63. The molecule has 2 aromatic heterocycles. The van der Waals surface area contributed by atoms with Gasteiger partial charge in [0.1, 0.15) is 23.1 Å². The van der Waals surface area contributed by atoms with Gasteiger partial charge in [0.05, 0.1) is 12.2 Å². The Hall–Kier alpha value is -3.27. The standard InChI is InChI=1S/C24H30F2N8/c1-16(2)31-10-12-32(13-11-31)24(27)29-20-15-28-34-9-7-22(30-23(20)34)33-8-3-4-21(33)18-14-17(25)5-6-19(18)26/h5-7,9,14-16,21H,3-4,8,10-13H2,1-2H3,(H2,27,29)/t21-/m1/s1. The van der Waals surface area contributed by atoms with Crippen molar-refractivity contribution in [2.75, 3.05) is 37.6 Å². The average Bonchev–Trinajstić information content (AvgIpc) is 3.48. The molecule has 10 heteroatoms. The highest BCUT2D eigenvalue weighted by Gasteiger charge is 2.30. The Labute approximate surface area is 197 Å². The molecule has 0 amide bonds. The number of fused-ring (bicyclic) bond motifs is 1. The summed E-state index contributed by atoms with van der Waals surface area (Å²) < 4.78 is 30.0. The number of piperazine rings is 1. The maximum absolute atomic E-state index is 14.5. The monoisotopic (exact) mass is 468 g/mol. The topological polar surface area (TPSA) is 78.3 Å². The van der Waals surface area contributed by atoms with E-state index in [9.17, 15) is 8.78 Å². The Morgan fingerprint density at radius 2 is 1.91 bits per heavy atom. The second-order valence-electron chi connectivity index (χ2n) is 9.19. The maximum Gasteiger partial charge on any atom is 0.196 e.